The zero-order valence-electron chi connectivity index (χ0n) is 12.6. The number of hydrogen-bond acceptors (Lipinski definition) is 8. The molecule has 2 atom stereocenters. The van der Waals surface area contributed by atoms with Crippen molar-refractivity contribution in [3.8, 4) is 0 Å². The van der Waals surface area contributed by atoms with Crippen LogP contribution in [0.15, 0.2) is 0 Å². The van der Waals surface area contributed by atoms with Crippen molar-refractivity contribution in [2.75, 3.05) is 40.6 Å². The lowest BCUT2D eigenvalue weighted by molar-refractivity contribution is -0.112. The first-order valence-electron chi connectivity index (χ1n) is 6.58. The van der Waals surface area contributed by atoms with E-state index in [0.29, 0.717) is 26.4 Å². The van der Waals surface area contributed by atoms with Gasteiger partial charge in [0.15, 0.2) is 12.6 Å². The molecule has 0 saturated carbocycles. The summed E-state index contributed by atoms with van der Waals surface area (Å²) in [6, 6.07) is 0. The molecule has 0 amide bonds. The lowest BCUT2D eigenvalue weighted by atomic mass is 9.93. The summed E-state index contributed by atoms with van der Waals surface area (Å²) in [6.07, 6.45) is -0.721. The fourth-order valence-electron chi connectivity index (χ4n) is 1.53. The van der Waals surface area contributed by atoms with Crippen LogP contribution in [-0.4, -0.2) is 53.2 Å². The lowest BCUT2D eigenvalue weighted by Gasteiger charge is -2.42. The predicted octanol–water partition coefficient (Wildman–Crippen LogP) is 2.54. The predicted molar refractivity (Wildman–Crippen MR) is 75.2 cm³/mol. The second kappa shape index (κ2) is 8.41. The van der Waals surface area contributed by atoms with E-state index in [0.717, 1.165) is 0 Å². The minimum Gasteiger partial charge on any atom is -0.356 e. The Bertz CT molecular complexity index is 271. The third-order valence-corrected chi connectivity index (χ3v) is 5.34. The van der Waals surface area contributed by atoms with Gasteiger partial charge < -0.3 is 27.6 Å². The molecule has 8 nitrogen and oxygen atoms in total. The van der Waals surface area contributed by atoms with Crippen molar-refractivity contribution >= 4 is 17.2 Å². The van der Waals surface area contributed by atoms with Crippen molar-refractivity contribution in [3.05, 3.63) is 0 Å². The Morgan fingerprint density at radius 3 is 1.38 bits per heavy atom. The SMILES string of the molecule is COC(C)OP1OCC2(CO1)COP(OC(C)OC)OC2. The maximum Gasteiger partial charge on any atom is 0.335 e. The largest absolute Gasteiger partial charge is 0.356 e. The van der Waals surface area contributed by atoms with E-state index in [2.05, 4.69) is 0 Å². The Balaban J connectivity index is 1.72. The van der Waals surface area contributed by atoms with E-state index >= 15 is 0 Å². The van der Waals surface area contributed by atoms with Gasteiger partial charge >= 0.3 is 17.2 Å². The van der Waals surface area contributed by atoms with Gasteiger partial charge in [0.2, 0.25) is 0 Å². The zero-order chi connectivity index (χ0) is 15.3. The maximum absolute atomic E-state index is 5.60. The minimum absolute atomic E-state index is 0.309. The third kappa shape index (κ3) is 5.29. The molecular weight excluding hydrogens is 322 g/mol. The van der Waals surface area contributed by atoms with Gasteiger partial charge in [0.25, 0.3) is 0 Å². The van der Waals surface area contributed by atoms with Crippen molar-refractivity contribution in [1.29, 1.82) is 0 Å². The molecule has 0 aromatic carbocycles. The van der Waals surface area contributed by atoms with Crippen molar-refractivity contribution in [1.82, 2.24) is 0 Å². The molecule has 2 fully saturated rings. The van der Waals surface area contributed by atoms with E-state index in [1.165, 1.54) is 0 Å². The summed E-state index contributed by atoms with van der Waals surface area (Å²) < 4.78 is 43.3. The summed E-state index contributed by atoms with van der Waals surface area (Å²) >= 11 is 0. The highest BCUT2D eigenvalue weighted by molar-refractivity contribution is 7.42. The fourth-order valence-corrected chi connectivity index (χ4v) is 4.10. The summed E-state index contributed by atoms with van der Waals surface area (Å²) in [6.45, 7) is 5.40. The second-order valence-electron chi connectivity index (χ2n) is 4.86. The highest BCUT2D eigenvalue weighted by Gasteiger charge is 2.44. The molecule has 0 N–H and O–H groups in total. The lowest BCUT2D eigenvalue weighted by Crippen LogP contribution is -2.45. The van der Waals surface area contributed by atoms with Crippen LogP contribution in [0.2, 0.25) is 0 Å². The van der Waals surface area contributed by atoms with Crippen molar-refractivity contribution < 1.29 is 36.6 Å². The molecule has 0 aromatic heterocycles. The summed E-state index contributed by atoms with van der Waals surface area (Å²) in [7, 11) is 0.379. The zero-order valence-corrected chi connectivity index (χ0v) is 14.4. The molecular formula is C11H22O8P2. The summed E-state index contributed by atoms with van der Waals surface area (Å²) in [4.78, 5) is 0. The second-order valence-corrected chi connectivity index (χ2v) is 7.21. The highest BCUT2D eigenvalue weighted by Crippen LogP contribution is 2.53. The fraction of sp³-hybridized carbons (Fsp3) is 1.00. The van der Waals surface area contributed by atoms with Crippen LogP contribution in [-0.2, 0) is 36.6 Å². The molecule has 0 radical (unpaired) electrons. The molecule has 124 valence electrons. The first-order chi connectivity index (χ1) is 10.1. The molecule has 2 unspecified atom stereocenters. The number of ether oxygens (including phenoxy) is 2. The number of hydrogen-bond donors (Lipinski definition) is 0. The van der Waals surface area contributed by atoms with Gasteiger partial charge in [-0.2, -0.15) is 0 Å². The van der Waals surface area contributed by atoms with Crippen molar-refractivity contribution in [2.24, 2.45) is 5.41 Å². The van der Waals surface area contributed by atoms with Crippen LogP contribution in [0.4, 0.5) is 0 Å². The van der Waals surface area contributed by atoms with Crippen LogP contribution < -0.4 is 0 Å². The van der Waals surface area contributed by atoms with Gasteiger partial charge in [-0.1, -0.05) is 0 Å². The molecule has 1 spiro atoms. The van der Waals surface area contributed by atoms with Gasteiger partial charge in [0.05, 0.1) is 31.8 Å². The monoisotopic (exact) mass is 344 g/mol. The average Bonchev–Trinajstić information content (AvgIpc) is 2.52. The van der Waals surface area contributed by atoms with Crippen LogP contribution in [0.1, 0.15) is 13.8 Å². The standard InChI is InChI=1S/C11H22O8P2/c1-9(12-3)18-20-14-5-11(6-15-20)7-16-21(17-8-11)19-10(2)13-4/h9-10H,5-8H2,1-4H3. The van der Waals surface area contributed by atoms with E-state index in [1.807, 2.05) is 0 Å². The maximum atomic E-state index is 5.60. The van der Waals surface area contributed by atoms with Crippen LogP contribution in [0.25, 0.3) is 0 Å². The van der Waals surface area contributed by atoms with Gasteiger partial charge in [0, 0.05) is 14.2 Å². The molecule has 2 saturated heterocycles. The first kappa shape index (κ1) is 17.9. The van der Waals surface area contributed by atoms with E-state index in [9.17, 15) is 0 Å². The van der Waals surface area contributed by atoms with Gasteiger partial charge in [-0.3, -0.25) is 9.05 Å². The highest BCUT2D eigenvalue weighted by atomic mass is 31.2. The van der Waals surface area contributed by atoms with E-state index < -0.39 is 17.2 Å². The molecule has 10 heteroatoms. The Labute approximate surface area is 127 Å². The molecule has 2 aliphatic heterocycles. The van der Waals surface area contributed by atoms with Crippen LogP contribution in [0.3, 0.4) is 0 Å². The Kier molecular flexibility index (Phi) is 7.16. The molecule has 2 rings (SSSR count). The van der Waals surface area contributed by atoms with E-state index in [1.54, 1.807) is 28.1 Å². The topological polar surface area (TPSA) is 73.8 Å². The smallest absolute Gasteiger partial charge is 0.335 e. The Morgan fingerprint density at radius 2 is 1.10 bits per heavy atom. The molecule has 21 heavy (non-hydrogen) atoms. The first-order valence-corrected chi connectivity index (χ1v) is 8.77. The van der Waals surface area contributed by atoms with Crippen LogP contribution in [0.5, 0.6) is 0 Å². The quantitative estimate of drug-likeness (QED) is 0.538. The van der Waals surface area contributed by atoms with Crippen molar-refractivity contribution in [3.63, 3.8) is 0 Å². The molecule has 0 aromatic rings. The number of methoxy groups -OCH3 is 2. The van der Waals surface area contributed by atoms with Gasteiger partial charge in [-0.15, -0.1) is 0 Å². The number of rotatable bonds is 6. The van der Waals surface area contributed by atoms with E-state index in [-0.39, 0.29) is 18.0 Å². The molecule has 2 heterocycles. The summed E-state index contributed by atoms with van der Waals surface area (Å²) in [5, 5.41) is 0. The summed E-state index contributed by atoms with van der Waals surface area (Å²) in [5.41, 5.74) is -0.309. The Morgan fingerprint density at radius 1 is 0.762 bits per heavy atom. The Hall–Kier alpha value is 0.540. The average molecular weight is 344 g/mol. The molecule has 2 aliphatic rings. The molecule has 0 aliphatic carbocycles. The third-order valence-electron chi connectivity index (χ3n) is 3.04. The van der Waals surface area contributed by atoms with Gasteiger partial charge in [-0.25, -0.2) is 0 Å². The molecule has 0 bridgehead atoms. The normalized spacial score (nSPS) is 36.6. The minimum atomic E-state index is -1.38. The van der Waals surface area contributed by atoms with Crippen LogP contribution in [0, 0.1) is 5.41 Å². The van der Waals surface area contributed by atoms with Gasteiger partial charge in [0.1, 0.15) is 0 Å². The van der Waals surface area contributed by atoms with Crippen molar-refractivity contribution in [2.45, 2.75) is 26.4 Å². The van der Waals surface area contributed by atoms with Crippen LogP contribution >= 0.6 is 17.2 Å². The van der Waals surface area contributed by atoms with E-state index in [4.69, 9.17) is 36.6 Å². The summed E-state index contributed by atoms with van der Waals surface area (Å²) in [5.74, 6) is 0. The van der Waals surface area contributed by atoms with Gasteiger partial charge in [-0.05, 0) is 13.8 Å².